The van der Waals surface area contributed by atoms with Gasteiger partial charge in [0.1, 0.15) is 5.82 Å². The van der Waals surface area contributed by atoms with E-state index in [4.69, 9.17) is 0 Å². The van der Waals surface area contributed by atoms with Gasteiger partial charge in [-0.15, -0.1) is 0 Å². The van der Waals surface area contributed by atoms with Crippen molar-refractivity contribution in [3.8, 4) is 0 Å². The summed E-state index contributed by atoms with van der Waals surface area (Å²) >= 11 is 0. The maximum atomic E-state index is 4.62. The highest BCUT2D eigenvalue weighted by Crippen LogP contribution is 2.47. The molecule has 0 amide bonds. The normalized spacial score (nSPS) is 23.0. The average molecular weight is 371 g/mol. The maximum Gasteiger partial charge on any atom is 0.193 e. The lowest BCUT2D eigenvalue weighted by Crippen LogP contribution is -2.46. The number of hydrogen-bond donors (Lipinski definition) is 1. The molecular formula is C21H34N6. The van der Waals surface area contributed by atoms with E-state index in [1.807, 2.05) is 13.2 Å². The van der Waals surface area contributed by atoms with E-state index in [2.05, 4.69) is 49.0 Å². The molecule has 0 unspecified atom stereocenters. The highest BCUT2D eigenvalue weighted by atomic mass is 15.3. The molecule has 0 atom stereocenters. The molecule has 4 rings (SSSR count). The Balaban J connectivity index is 1.33. The van der Waals surface area contributed by atoms with E-state index in [0.717, 1.165) is 57.6 Å². The largest absolute Gasteiger partial charge is 0.354 e. The number of guanidine groups is 1. The zero-order valence-electron chi connectivity index (χ0n) is 17.0. The summed E-state index contributed by atoms with van der Waals surface area (Å²) in [6, 6.07) is 4.35. The topological polar surface area (TPSA) is 47.0 Å². The molecule has 27 heavy (non-hydrogen) atoms. The molecule has 1 spiro atoms. The van der Waals surface area contributed by atoms with Crippen molar-refractivity contribution in [2.75, 3.05) is 57.8 Å². The van der Waals surface area contributed by atoms with Gasteiger partial charge < -0.3 is 20.0 Å². The van der Waals surface area contributed by atoms with Crippen LogP contribution in [-0.2, 0) is 6.54 Å². The summed E-state index contributed by atoms with van der Waals surface area (Å²) in [7, 11) is 1.90. The molecule has 2 saturated heterocycles. The molecule has 1 aromatic rings. The third-order valence-corrected chi connectivity index (χ3v) is 6.77. The van der Waals surface area contributed by atoms with E-state index >= 15 is 0 Å². The number of aliphatic imine (C=N–C) groups is 1. The van der Waals surface area contributed by atoms with Crippen molar-refractivity contribution in [3.05, 3.63) is 23.9 Å². The molecule has 6 heteroatoms. The molecule has 2 aliphatic heterocycles. The van der Waals surface area contributed by atoms with Crippen molar-refractivity contribution in [2.45, 2.75) is 39.2 Å². The summed E-state index contributed by atoms with van der Waals surface area (Å²) < 4.78 is 0. The van der Waals surface area contributed by atoms with Crippen molar-refractivity contribution >= 4 is 11.8 Å². The number of likely N-dealkylation sites (N-methyl/N-ethyl adjacent to an activating group) is 1. The minimum atomic E-state index is 0.599. The van der Waals surface area contributed by atoms with Crippen molar-refractivity contribution in [1.82, 2.24) is 20.1 Å². The lowest BCUT2D eigenvalue weighted by atomic mass is 9.68. The summed E-state index contributed by atoms with van der Waals surface area (Å²) in [5.74, 6) is 2.16. The van der Waals surface area contributed by atoms with Gasteiger partial charge in [-0.05, 0) is 48.9 Å². The smallest absolute Gasteiger partial charge is 0.193 e. The number of nitrogens with zero attached hydrogens (tertiary/aromatic N) is 5. The first-order chi connectivity index (χ1) is 13.2. The molecule has 3 heterocycles. The lowest BCUT2D eigenvalue weighted by molar-refractivity contribution is 0.151. The number of likely N-dealkylation sites (tertiary alicyclic amines) is 1. The first-order valence-corrected chi connectivity index (χ1v) is 10.6. The van der Waals surface area contributed by atoms with Gasteiger partial charge in [0.15, 0.2) is 5.96 Å². The van der Waals surface area contributed by atoms with Crippen LogP contribution in [0.5, 0.6) is 0 Å². The Morgan fingerprint density at radius 1 is 1.19 bits per heavy atom. The van der Waals surface area contributed by atoms with Gasteiger partial charge in [0.25, 0.3) is 0 Å². The Bertz CT molecular complexity index is 660. The van der Waals surface area contributed by atoms with E-state index in [1.54, 1.807) is 0 Å². The van der Waals surface area contributed by atoms with Crippen LogP contribution >= 0.6 is 0 Å². The molecule has 1 aromatic heterocycles. The fourth-order valence-electron chi connectivity index (χ4n) is 4.75. The number of hydrogen-bond acceptors (Lipinski definition) is 4. The second-order valence-corrected chi connectivity index (χ2v) is 8.37. The Morgan fingerprint density at radius 2 is 2.00 bits per heavy atom. The lowest BCUT2D eigenvalue weighted by Gasteiger charge is -2.38. The van der Waals surface area contributed by atoms with Crippen molar-refractivity contribution in [1.29, 1.82) is 0 Å². The van der Waals surface area contributed by atoms with Crippen molar-refractivity contribution in [3.63, 3.8) is 0 Å². The highest BCUT2D eigenvalue weighted by Gasteiger charge is 2.43. The van der Waals surface area contributed by atoms with Gasteiger partial charge in [-0.1, -0.05) is 13.3 Å². The molecule has 1 aliphatic carbocycles. The second kappa shape index (κ2) is 8.05. The van der Waals surface area contributed by atoms with E-state index in [9.17, 15) is 0 Å². The Kier molecular flexibility index (Phi) is 5.53. The van der Waals surface area contributed by atoms with Gasteiger partial charge in [0.2, 0.25) is 0 Å². The highest BCUT2D eigenvalue weighted by molar-refractivity contribution is 5.80. The summed E-state index contributed by atoms with van der Waals surface area (Å²) in [6.45, 7) is 10.9. The number of nitrogens with one attached hydrogen (secondary N) is 1. The fraction of sp³-hybridized carbons (Fsp3) is 0.714. The van der Waals surface area contributed by atoms with Crippen LogP contribution in [0.4, 0.5) is 5.82 Å². The Morgan fingerprint density at radius 3 is 2.63 bits per heavy atom. The number of piperazine rings is 1. The van der Waals surface area contributed by atoms with E-state index < -0.39 is 0 Å². The molecule has 1 saturated carbocycles. The molecule has 148 valence electrons. The van der Waals surface area contributed by atoms with Crippen LogP contribution in [-0.4, -0.2) is 73.6 Å². The molecule has 6 nitrogen and oxygen atoms in total. The average Bonchev–Trinajstić information content (AvgIpc) is 3.15. The molecular weight excluding hydrogens is 336 g/mol. The maximum absolute atomic E-state index is 4.62. The number of anilines is 1. The van der Waals surface area contributed by atoms with E-state index in [1.165, 1.54) is 37.8 Å². The first kappa shape index (κ1) is 18.5. The monoisotopic (exact) mass is 370 g/mol. The van der Waals surface area contributed by atoms with Gasteiger partial charge in [-0.2, -0.15) is 0 Å². The minimum Gasteiger partial charge on any atom is -0.354 e. The van der Waals surface area contributed by atoms with E-state index in [0.29, 0.717) is 5.41 Å². The molecule has 0 aromatic carbocycles. The fourth-order valence-corrected chi connectivity index (χ4v) is 4.75. The minimum absolute atomic E-state index is 0.599. The summed E-state index contributed by atoms with van der Waals surface area (Å²) in [5, 5.41) is 3.58. The summed E-state index contributed by atoms with van der Waals surface area (Å²) in [6.07, 6.45) is 7.49. The van der Waals surface area contributed by atoms with Gasteiger partial charge in [0.05, 0.1) is 0 Å². The molecule has 3 aliphatic rings. The van der Waals surface area contributed by atoms with Crippen LogP contribution < -0.4 is 10.2 Å². The second-order valence-electron chi connectivity index (χ2n) is 8.37. The van der Waals surface area contributed by atoms with Crippen LogP contribution in [0, 0.1) is 5.41 Å². The number of pyridine rings is 1. The van der Waals surface area contributed by atoms with Crippen LogP contribution in [0.2, 0.25) is 0 Å². The number of rotatable bonds is 4. The number of aromatic nitrogens is 1. The zero-order valence-corrected chi connectivity index (χ0v) is 17.0. The SMILES string of the molecule is CCN1CCN(c2cc(CNC(=NC)N3CCC4(CCC4)C3)ccn2)CC1. The van der Waals surface area contributed by atoms with Gasteiger partial charge >= 0.3 is 0 Å². The first-order valence-electron chi connectivity index (χ1n) is 10.6. The van der Waals surface area contributed by atoms with Crippen LogP contribution in [0.3, 0.4) is 0 Å². The summed E-state index contributed by atoms with van der Waals surface area (Å²) in [5.41, 5.74) is 1.87. The van der Waals surface area contributed by atoms with Crippen molar-refractivity contribution in [2.24, 2.45) is 10.4 Å². The van der Waals surface area contributed by atoms with Crippen LogP contribution in [0.25, 0.3) is 0 Å². The van der Waals surface area contributed by atoms with Gasteiger partial charge in [-0.25, -0.2) is 4.98 Å². The Hall–Kier alpha value is -1.82. The standard InChI is InChI=1S/C21H34N6/c1-3-25-11-13-26(14-12-25)19-15-18(5-9-23-19)16-24-20(22-2)27-10-8-21(17-27)6-4-7-21/h5,9,15H,3-4,6-8,10-14,16-17H2,1-2H3,(H,22,24). The molecule has 3 fully saturated rings. The quantitative estimate of drug-likeness (QED) is 0.650. The van der Waals surface area contributed by atoms with E-state index in [-0.39, 0.29) is 0 Å². The molecule has 0 bridgehead atoms. The summed E-state index contributed by atoms with van der Waals surface area (Å²) in [4.78, 5) is 16.5. The molecule has 0 radical (unpaired) electrons. The molecule has 1 N–H and O–H groups in total. The zero-order chi connectivity index (χ0) is 18.7. The van der Waals surface area contributed by atoms with Crippen molar-refractivity contribution < 1.29 is 0 Å². The predicted octanol–water partition coefficient (Wildman–Crippen LogP) is 2.17. The predicted molar refractivity (Wildman–Crippen MR) is 111 cm³/mol. The van der Waals surface area contributed by atoms with Gasteiger partial charge in [-0.3, -0.25) is 4.99 Å². The van der Waals surface area contributed by atoms with Crippen LogP contribution in [0.15, 0.2) is 23.3 Å². The Labute approximate surface area is 163 Å². The third-order valence-electron chi connectivity index (χ3n) is 6.77. The van der Waals surface area contributed by atoms with Crippen LogP contribution in [0.1, 0.15) is 38.2 Å². The third kappa shape index (κ3) is 4.05. The van der Waals surface area contributed by atoms with Gasteiger partial charge in [0, 0.05) is 59.1 Å².